The molecule has 0 saturated carbocycles. The number of para-hydroxylation sites is 1. The maximum absolute atomic E-state index is 9.56. The van der Waals surface area contributed by atoms with Gasteiger partial charge in [-0.3, -0.25) is 4.98 Å². The minimum Gasteiger partial charge on any atom is -0.396 e. The van der Waals surface area contributed by atoms with Gasteiger partial charge in [0.05, 0.1) is 5.52 Å². The van der Waals surface area contributed by atoms with Crippen molar-refractivity contribution in [3.63, 3.8) is 0 Å². The summed E-state index contributed by atoms with van der Waals surface area (Å²) in [6.07, 6.45) is 2.44. The number of hydrogen-bond acceptors (Lipinski definition) is 6. The predicted molar refractivity (Wildman–Crippen MR) is 91.0 cm³/mol. The van der Waals surface area contributed by atoms with Crippen molar-refractivity contribution in [2.24, 2.45) is 5.92 Å². The maximum Gasteiger partial charge on any atom is 0.225 e. The monoisotopic (exact) mass is 309 g/mol. The molecule has 0 saturated heterocycles. The van der Waals surface area contributed by atoms with Gasteiger partial charge in [-0.15, -0.1) is 0 Å². The number of nitrogen functional groups attached to an aromatic ring is 1. The lowest BCUT2D eigenvalue weighted by Gasteiger charge is -2.15. The predicted octanol–water partition coefficient (Wildman–Crippen LogP) is 1.87. The number of pyridine rings is 1. The van der Waals surface area contributed by atoms with Crippen molar-refractivity contribution in [3.8, 4) is 0 Å². The number of benzene rings is 1. The Morgan fingerprint density at radius 3 is 2.70 bits per heavy atom. The van der Waals surface area contributed by atoms with Gasteiger partial charge >= 0.3 is 0 Å². The highest BCUT2D eigenvalue weighted by molar-refractivity contribution is 5.88. The largest absolute Gasteiger partial charge is 0.396 e. The van der Waals surface area contributed by atoms with E-state index in [9.17, 15) is 5.11 Å². The van der Waals surface area contributed by atoms with E-state index in [4.69, 9.17) is 5.73 Å². The molecule has 0 aliphatic rings. The van der Waals surface area contributed by atoms with E-state index < -0.39 is 0 Å². The van der Waals surface area contributed by atoms with E-state index in [1.165, 1.54) is 0 Å². The van der Waals surface area contributed by atoms with E-state index in [0.29, 0.717) is 24.7 Å². The van der Waals surface area contributed by atoms with Gasteiger partial charge in [0.15, 0.2) is 0 Å². The first kappa shape index (κ1) is 15.2. The summed E-state index contributed by atoms with van der Waals surface area (Å²) in [5.41, 5.74) is 7.72. The van der Waals surface area contributed by atoms with Gasteiger partial charge < -0.3 is 16.2 Å². The lowest BCUT2D eigenvalue weighted by Crippen LogP contribution is -2.21. The van der Waals surface area contributed by atoms with E-state index in [-0.39, 0.29) is 12.5 Å². The molecule has 0 fully saturated rings. The van der Waals surface area contributed by atoms with Gasteiger partial charge in [-0.05, 0) is 30.7 Å². The van der Waals surface area contributed by atoms with E-state index in [1.54, 1.807) is 6.20 Å². The van der Waals surface area contributed by atoms with E-state index >= 15 is 0 Å². The second-order valence-corrected chi connectivity index (χ2v) is 5.40. The highest BCUT2D eigenvalue weighted by atomic mass is 16.3. The maximum atomic E-state index is 9.56. The molecule has 0 unspecified atom stereocenters. The van der Waals surface area contributed by atoms with Crippen LogP contribution in [-0.2, 0) is 6.42 Å². The lowest BCUT2D eigenvalue weighted by molar-refractivity contribution is 0.231. The molecule has 1 atom stereocenters. The summed E-state index contributed by atoms with van der Waals surface area (Å²) in [6, 6.07) is 13.4. The first-order valence-electron chi connectivity index (χ1n) is 7.53. The highest BCUT2D eigenvalue weighted by Crippen LogP contribution is 2.19. The number of anilines is 2. The summed E-state index contributed by atoms with van der Waals surface area (Å²) in [5, 5.41) is 13.6. The Kier molecular flexibility index (Phi) is 4.63. The molecule has 118 valence electrons. The summed E-state index contributed by atoms with van der Waals surface area (Å²) >= 11 is 0. The number of nitrogens with two attached hydrogens (primary N) is 1. The van der Waals surface area contributed by atoms with Crippen LogP contribution < -0.4 is 11.1 Å². The lowest BCUT2D eigenvalue weighted by atomic mass is 10.0. The minimum absolute atomic E-state index is 0.0289. The molecule has 0 amide bonds. The van der Waals surface area contributed by atoms with E-state index in [2.05, 4.69) is 20.3 Å². The normalized spacial score (nSPS) is 12.2. The Labute approximate surface area is 134 Å². The third-order valence-corrected chi connectivity index (χ3v) is 3.66. The summed E-state index contributed by atoms with van der Waals surface area (Å²) in [5.74, 6) is 0.949. The Balaban J connectivity index is 1.69. The van der Waals surface area contributed by atoms with E-state index in [1.807, 2.05) is 42.5 Å². The number of aliphatic hydroxyl groups excluding tert-OH is 1. The molecule has 3 rings (SSSR count). The Morgan fingerprint density at radius 2 is 1.91 bits per heavy atom. The van der Waals surface area contributed by atoms with Crippen LogP contribution in [0.25, 0.3) is 10.9 Å². The molecule has 23 heavy (non-hydrogen) atoms. The zero-order valence-corrected chi connectivity index (χ0v) is 12.7. The van der Waals surface area contributed by atoms with Crippen molar-refractivity contribution in [1.82, 2.24) is 15.0 Å². The minimum atomic E-state index is 0.0289. The smallest absolute Gasteiger partial charge is 0.225 e. The van der Waals surface area contributed by atoms with Crippen molar-refractivity contribution in [3.05, 3.63) is 54.4 Å². The van der Waals surface area contributed by atoms with Crippen LogP contribution in [0, 0.1) is 5.92 Å². The van der Waals surface area contributed by atoms with Crippen LogP contribution in [0.4, 0.5) is 11.8 Å². The molecular weight excluding hydrogens is 290 g/mol. The van der Waals surface area contributed by atoms with Crippen molar-refractivity contribution in [2.75, 3.05) is 24.2 Å². The molecule has 0 aliphatic heterocycles. The summed E-state index contributed by atoms with van der Waals surface area (Å²) in [6.45, 7) is 0.609. The Bertz CT molecular complexity index is 778. The molecule has 2 aromatic heterocycles. The molecule has 4 N–H and O–H groups in total. The van der Waals surface area contributed by atoms with Gasteiger partial charge in [0.1, 0.15) is 5.82 Å². The fourth-order valence-electron chi connectivity index (χ4n) is 2.43. The molecule has 0 aliphatic carbocycles. The van der Waals surface area contributed by atoms with Gasteiger partial charge in [0.2, 0.25) is 5.95 Å². The quantitative estimate of drug-likeness (QED) is 0.643. The van der Waals surface area contributed by atoms with Crippen LogP contribution in [0.15, 0.2) is 48.7 Å². The van der Waals surface area contributed by atoms with Crippen LogP contribution >= 0.6 is 0 Å². The Morgan fingerprint density at radius 1 is 1.09 bits per heavy atom. The van der Waals surface area contributed by atoms with Gasteiger partial charge in [-0.1, -0.05) is 18.2 Å². The number of fused-ring (bicyclic) bond motifs is 1. The number of nitrogens with one attached hydrogen (secondary N) is 1. The fraction of sp³-hybridized carbons (Fsp3) is 0.235. The number of aliphatic hydroxyl groups is 1. The first-order valence-corrected chi connectivity index (χ1v) is 7.53. The topological polar surface area (TPSA) is 97.0 Å². The summed E-state index contributed by atoms with van der Waals surface area (Å²) in [7, 11) is 0. The number of hydrogen-bond donors (Lipinski definition) is 3. The van der Waals surface area contributed by atoms with Gasteiger partial charge in [-0.25, -0.2) is 4.98 Å². The summed E-state index contributed by atoms with van der Waals surface area (Å²) in [4.78, 5) is 13.0. The average molecular weight is 309 g/mol. The molecule has 0 spiro atoms. The fourth-order valence-corrected chi connectivity index (χ4v) is 2.43. The van der Waals surface area contributed by atoms with E-state index in [0.717, 1.165) is 16.6 Å². The van der Waals surface area contributed by atoms with Crippen LogP contribution in [0.5, 0.6) is 0 Å². The van der Waals surface area contributed by atoms with Gasteiger partial charge in [0.25, 0.3) is 0 Å². The molecule has 6 heteroatoms. The summed E-state index contributed by atoms with van der Waals surface area (Å²) < 4.78 is 0. The number of aromatic nitrogens is 3. The van der Waals surface area contributed by atoms with Gasteiger partial charge in [-0.2, -0.15) is 4.98 Å². The van der Waals surface area contributed by atoms with Crippen LogP contribution in [0.3, 0.4) is 0 Å². The molecule has 0 radical (unpaired) electrons. The molecule has 0 bridgehead atoms. The molecule has 6 nitrogen and oxygen atoms in total. The van der Waals surface area contributed by atoms with Gasteiger partial charge in [0, 0.05) is 36.3 Å². The van der Waals surface area contributed by atoms with Crippen LogP contribution in [0.1, 0.15) is 5.69 Å². The van der Waals surface area contributed by atoms with Crippen molar-refractivity contribution in [1.29, 1.82) is 0 Å². The molecule has 3 aromatic rings. The highest BCUT2D eigenvalue weighted by Gasteiger charge is 2.11. The third kappa shape index (κ3) is 3.73. The third-order valence-electron chi connectivity index (χ3n) is 3.66. The van der Waals surface area contributed by atoms with Crippen molar-refractivity contribution < 1.29 is 5.11 Å². The molecule has 1 aromatic carbocycles. The second kappa shape index (κ2) is 7.02. The Hall–Kier alpha value is -2.73. The zero-order valence-electron chi connectivity index (χ0n) is 12.7. The van der Waals surface area contributed by atoms with Crippen LogP contribution in [0.2, 0.25) is 0 Å². The number of nitrogens with zero attached hydrogens (tertiary/aromatic N) is 3. The molecule has 2 heterocycles. The van der Waals surface area contributed by atoms with Crippen molar-refractivity contribution >= 4 is 22.7 Å². The SMILES string of the molecule is Nc1nc(NC[C@H](CO)Cc2ccccn2)nc2ccccc12. The zero-order chi connectivity index (χ0) is 16.1. The van der Waals surface area contributed by atoms with Crippen molar-refractivity contribution in [2.45, 2.75) is 6.42 Å². The second-order valence-electron chi connectivity index (χ2n) is 5.40. The van der Waals surface area contributed by atoms with Crippen LogP contribution in [-0.4, -0.2) is 33.2 Å². The first-order chi connectivity index (χ1) is 11.3. The average Bonchev–Trinajstić information content (AvgIpc) is 2.59. The number of rotatable bonds is 6. The standard InChI is InChI=1S/C17H19N5O/c18-16-14-6-1-2-7-15(14)21-17(22-16)20-10-12(11-23)9-13-5-3-4-8-19-13/h1-8,12,23H,9-11H2,(H3,18,20,21,22)/t12-/m1/s1. The molecular formula is C17H19N5O.